The molecule has 3 nitrogen and oxygen atoms in total. The molecule has 1 heterocycles. The number of unbranched alkanes of at least 4 members (excludes halogenated alkanes) is 2. The molecule has 16 heavy (non-hydrogen) atoms. The lowest BCUT2D eigenvalue weighted by molar-refractivity contribution is 0.586. The molecule has 0 radical (unpaired) electrons. The fraction of sp³-hybridized carbons (Fsp3) is 0.769. The Kier molecular flexibility index (Phi) is 5.53. The lowest BCUT2D eigenvalue weighted by Gasteiger charge is -2.03. The van der Waals surface area contributed by atoms with E-state index >= 15 is 0 Å². The lowest BCUT2D eigenvalue weighted by Crippen LogP contribution is -2.16. The Morgan fingerprint density at radius 3 is 2.69 bits per heavy atom. The van der Waals surface area contributed by atoms with Crippen LogP contribution in [0.1, 0.15) is 57.3 Å². The Balaban J connectivity index is 2.36. The highest BCUT2D eigenvalue weighted by molar-refractivity contribution is 5.13. The van der Waals surface area contributed by atoms with Gasteiger partial charge in [0.05, 0.1) is 11.4 Å². The van der Waals surface area contributed by atoms with E-state index in [1.807, 2.05) is 11.7 Å². The first-order valence-electron chi connectivity index (χ1n) is 6.38. The molecular formula is C13H25N3. The quantitative estimate of drug-likeness (QED) is 0.720. The molecule has 1 N–H and O–H groups in total. The Hall–Kier alpha value is -0.830. The van der Waals surface area contributed by atoms with Crippen molar-refractivity contribution in [2.24, 2.45) is 7.05 Å². The number of hydrogen-bond donors (Lipinski definition) is 1. The first-order chi connectivity index (χ1) is 7.65. The van der Waals surface area contributed by atoms with Crippen LogP contribution in [0.4, 0.5) is 0 Å². The number of hydrogen-bond acceptors (Lipinski definition) is 2. The van der Waals surface area contributed by atoms with Crippen molar-refractivity contribution in [3.63, 3.8) is 0 Å². The predicted molar refractivity (Wildman–Crippen MR) is 68.5 cm³/mol. The molecule has 1 aromatic rings. The fourth-order valence-electron chi connectivity index (χ4n) is 1.69. The second-order valence-corrected chi connectivity index (χ2v) is 4.72. The average Bonchev–Trinajstić information content (AvgIpc) is 2.60. The van der Waals surface area contributed by atoms with Crippen LogP contribution in [-0.4, -0.2) is 16.3 Å². The van der Waals surface area contributed by atoms with Gasteiger partial charge in [-0.15, -0.1) is 0 Å². The van der Waals surface area contributed by atoms with Gasteiger partial charge in [0.2, 0.25) is 0 Å². The zero-order chi connectivity index (χ0) is 12.0. The van der Waals surface area contributed by atoms with E-state index in [2.05, 4.69) is 37.3 Å². The summed E-state index contributed by atoms with van der Waals surface area (Å²) in [7, 11) is 2.02. The molecule has 0 amide bonds. The standard InChI is InChI=1S/C13H25N3/c1-5-6-7-8-14-10-12-9-13(11(2)3)15-16(12)4/h9,11,14H,5-8,10H2,1-4H3. The largest absolute Gasteiger partial charge is 0.311 e. The van der Waals surface area contributed by atoms with Crippen LogP contribution in [0, 0.1) is 0 Å². The van der Waals surface area contributed by atoms with E-state index in [9.17, 15) is 0 Å². The molecule has 92 valence electrons. The number of nitrogens with one attached hydrogen (secondary N) is 1. The van der Waals surface area contributed by atoms with Crippen molar-refractivity contribution in [2.75, 3.05) is 6.54 Å². The van der Waals surface area contributed by atoms with Crippen LogP contribution in [0.3, 0.4) is 0 Å². The van der Waals surface area contributed by atoms with E-state index < -0.39 is 0 Å². The topological polar surface area (TPSA) is 29.9 Å². The Morgan fingerprint density at radius 1 is 1.38 bits per heavy atom. The normalized spacial score (nSPS) is 11.3. The Labute approximate surface area is 99.2 Å². The molecule has 0 saturated heterocycles. The van der Waals surface area contributed by atoms with Gasteiger partial charge in [0.15, 0.2) is 0 Å². The predicted octanol–water partition coefficient (Wildman–Crippen LogP) is 2.82. The maximum absolute atomic E-state index is 4.50. The van der Waals surface area contributed by atoms with Crippen molar-refractivity contribution in [1.82, 2.24) is 15.1 Å². The zero-order valence-corrected chi connectivity index (χ0v) is 11.1. The van der Waals surface area contributed by atoms with Crippen molar-refractivity contribution in [3.8, 4) is 0 Å². The number of rotatable bonds is 7. The van der Waals surface area contributed by atoms with Gasteiger partial charge in [0, 0.05) is 13.6 Å². The summed E-state index contributed by atoms with van der Waals surface area (Å²) < 4.78 is 1.99. The third-order valence-corrected chi connectivity index (χ3v) is 2.85. The number of aromatic nitrogens is 2. The summed E-state index contributed by atoms with van der Waals surface area (Å²) in [6.45, 7) is 8.63. The molecule has 0 aliphatic heterocycles. The molecule has 0 bridgehead atoms. The lowest BCUT2D eigenvalue weighted by atomic mass is 10.1. The molecule has 0 aliphatic carbocycles. The van der Waals surface area contributed by atoms with Crippen LogP contribution in [0.2, 0.25) is 0 Å². The minimum atomic E-state index is 0.514. The monoisotopic (exact) mass is 223 g/mol. The smallest absolute Gasteiger partial charge is 0.0653 e. The van der Waals surface area contributed by atoms with Crippen LogP contribution in [0.5, 0.6) is 0 Å². The third kappa shape index (κ3) is 3.97. The van der Waals surface area contributed by atoms with Gasteiger partial charge in [0.1, 0.15) is 0 Å². The number of nitrogens with zero attached hydrogens (tertiary/aromatic N) is 2. The molecule has 0 aromatic carbocycles. The number of aryl methyl sites for hydroxylation is 1. The van der Waals surface area contributed by atoms with E-state index in [1.165, 1.54) is 30.7 Å². The van der Waals surface area contributed by atoms with Crippen molar-refractivity contribution < 1.29 is 0 Å². The van der Waals surface area contributed by atoms with E-state index in [1.54, 1.807) is 0 Å². The van der Waals surface area contributed by atoms with E-state index in [-0.39, 0.29) is 0 Å². The highest BCUT2D eigenvalue weighted by Gasteiger charge is 2.07. The minimum Gasteiger partial charge on any atom is -0.311 e. The van der Waals surface area contributed by atoms with Crippen molar-refractivity contribution in [3.05, 3.63) is 17.5 Å². The van der Waals surface area contributed by atoms with Crippen LogP contribution in [0.25, 0.3) is 0 Å². The molecule has 0 saturated carbocycles. The zero-order valence-electron chi connectivity index (χ0n) is 11.1. The maximum atomic E-state index is 4.50. The minimum absolute atomic E-state index is 0.514. The Morgan fingerprint density at radius 2 is 2.12 bits per heavy atom. The molecule has 0 spiro atoms. The molecule has 0 fully saturated rings. The van der Waals surface area contributed by atoms with Crippen LogP contribution < -0.4 is 5.32 Å². The van der Waals surface area contributed by atoms with Crippen LogP contribution >= 0.6 is 0 Å². The first-order valence-corrected chi connectivity index (χ1v) is 6.38. The summed E-state index contributed by atoms with van der Waals surface area (Å²) >= 11 is 0. The van der Waals surface area contributed by atoms with Gasteiger partial charge >= 0.3 is 0 Å². The second kappa shape index (κ2) is 6.69. The molecular weight excluding hydrogens is 198 g/mol. The van der Waals surface area contributed by atoms with Gasteiger partial charge in [-0.05, 0) is 24.9 Å². The third-order valence-electron chi connectivity index (χ3n) is 2.85. The molecule has 0 aliphatic rings. The van der Waals surface area contributed by atoms with E-state index in [0.29, 0.717) is 5.92 Å². The summed E-state index contributed by atoms with van der Waals surface area (Å²) in [6.07, 6.45) is 3.87. The SMILES string of the molecule is CCCCCNCc1cc(C(C)C)nn1C. The average molecular weight is 223 g/mol. The molecule has 0 unspecified atom stereocenters. The molecule has 0 atom stereocenters. The van der Waals surface area contributed by atoms with Gasteiger partial charge in [-0.2, -0.15) is 5.10 Å². The highest BCUT2D eigenvalue weighted by atomic mass is 15.3. The fourth-order valence-corrected chi connectivity index (χ4v) is 1.69. The van der Waals surface area contributed by atoms with E-state index in [4.69, 9.17) is 0 Å². The Bertz CT molecular complexity index is 302. The maximum Gasteiger partial charge on any atom is 0.0653 e. The van der Waals surface area contributed by atoms with Gasteiger partial charge < -0.3 is 5.32 Å². The summed E-state index contributed by atoms with van der Waals surface area (Å²) in [4.78, 5) is 0. The highest BCUT2D eigenvalue weighted by Crippen LogP contribution is 2.13. The van der Waals surface area contributed by atoms with Crippen molar-refractivity contribution in [1.29, 1.82) is 0 Å². The van der Waals surface area contributed by atoms with Gasteiger partial charge in [0.25, 0.3) is 0 Å². The summed E-state index contributed by atoms with van der Waals surface area (Å²) in [6, 6.07) is 2.21. The second-order valence-electron chi connectivity index (χ2n) is 4.72. The van der Waals surface area contributed by atoms with Gasteiger partial charge in [-0.3, -0.25) is 4.68 Å². The summed E-state index contributed by atoms with van der Waals surface area (Å²) in [5.74, 6) is 0.514. The van der Waals surface area contributed by atoms with Crippen molar-refractivity contribution >= 4 is 0 Å². The van der Waals surface area contributed by atoms with Gasteiger partial charge in [-0.25, -0.2) is 0 Å². The first kappa shape index (κ1) is 13.2. The molecule has 1 aromatic heterocycles. The molecule has 3 heteroatoms. The van der Waals surface area contributed by atoms with Gasteiger partial charge in [-0.1, -0.05) is 33.6 Å². The van der Waals surface area contributed by atoms with Crippen molar-refractivity contribution in [2.45, 2.75) is 52.5 Å². The summed E-state index contributed by atoms with van der Waals surface area (Å²) in [5.41, 5.74) is 2.47. The van der Waals surface area contributed by atoms with Crippen LogP contribution in [0.15, 0.2) is 6.07 Å². The van der Waals surface area contributed by atoms with E-state index in [0.717, 1.165) is 13.1 Å². The van der Waals surface area contributed by atoms with Crippen LogP contribution in [-0.2, 0) is 13.6 Å². The summed E-state index contributed by atoms with van der Waals surface area (Å²) in [5, 5.41) is 7.97. The molecule has 1 rings (SSSR count).